The van der Waals surface area contributed by atoms with Gasteiger partial charge in [0.1, 0.15) is 0 Å². The van der Waals surface area contributed by atoms with Gasteiger partial charge < -0.3 is 14.6 Å². The zero-order valence-electron chi connectivity index (χ0n) is 9.90. The van der Waals surface area contributed by atoms with Gasteiger partial charge >= 0.3 is 6.09 Å². The number of likely N-dealkylation sites (N-methyl/N-ethyl adjacent to an activating group) is 1. The van der Waals surface area contributed by atoms with E-state index in [0.717, 1.165) is 39.3 Å². The van der Waals surface area contributed by atoms with Crippen molar-refractivity contribution in [2.45, 2.75) is 13.8 Å². The topological polar surface area (TPSA) is 36.0 Å². The average Bonchev–Trinajstić information content (AvgIpc) is 2.26. The fourth-order valence-electron chi connectivity index (χ4n) is 1.51. The van der Waals surface area contributed by atoms with Crippen LogP contribution in [0, 0.1) is 0 Å². The molecule has 0 unspecified atom stereocenters. The fourth-order valence-corrected chi connectivity index (χ4v) is 1.51. The molecule has 0 aromatic carbocycles. The highest BCUT2D eigenvalue weighted by atomic mass is 16.7. The second kappa shape index (κ2) is 5.92. The Hall–Kier alpha value is -0.810. The molecular formula is C10H21N3O2. The molecule has 0 atom stereocenters. The predicted octanol–water partition coefficient (Wildman–Crippen LogP) is 0.627. The number of hydrogen-bond acceptors (Lipinski definition) is 4. The number of hydrogen-bond donors (Lipinski definition) is 0. The van der Waals surface area contributed by atoms with E-state index >= 15 is 0 Å². The molecule has 1 fully saturated rings. The molecule has 0 aliphatic carbocycles. The zero-order chi connectivity index (χ0) is 11.3. The minimum Gasteiger partial charge on any atom is -0.351 e. The first kappa shape index (κ1) is 12.3. The second-order valence-corrected chi connectivity index (χ2v) is 3.76. The number of amides is 1. The van der Waals surface area contributed by atoms with E-state index in [0.29, 0.717) is 0 Å². The molecule has 0 radical (unpaired) electrons. The predicted molar refractivity (Wildman–Crippen MR) is 58.5 cm³/mol. The maximum absolute atomic E-state index is 11.7. The van der Waals surface area contributed by atoms with Gasteiger partial charge in [-0.3, -0.25) is 0 Å². The molecule has 5 nitrogen and oxygen atoms in total. The standard InChI is InChI=1S/C10H21N3O2/c1-4-13(5-2)15-10(14)12-8-6-11(3)7-9-12/h4-9H2,1-3H3. The molecule has 1 aliphatic rings. The first-order chi connectivity index (χ1) is 7.17. The molecule has 0 aromatic rings. The van der Waals surface area contributed by atoms with Gasteiger partial charge in [-0.15, -0.1) is 5.06 Å². The summed E-state index contributed by atoms with van der Waals surface area (Å²) in [6, 6.07) is 0. The molecule has 1 saturated heterocycles. The minimum atomic E-state index is -0.216. The molecule has 0 saturated carbocycles. The van der Waals surface area contributed by atoms with Crippen LogP contribution in [0.4, 0.5) is 4.79 Å². The summed E-state index contributed by atoms with van der Waals surface area (Å²) in [4.78, 5) is 20.9. The molecule has 0 aromatic heterocycles. The van der Waals surface area contributed by atoms with Crippen molar-refractivity contribution in [3.63, 3.8) is 0 Å². The van der Waals surface area contributed by atoms with Crippen molar-refractivity contribution >= 4 is 6.09 Å². The Balaban J connectivity index is 2.33. The fraction of sp³-hybridized carbons (Fsp3) is 0.900. The van der Waals surface area contributed by atoms with E-state index in [1.54, 1.807) is 9.96 Å². The highest BCUT2D eigenvalue weighted by Gasteiger charge is 2.21. The molecule has 0 N–H and O–H groups in total. The molecule has 1 heterocycles. The highest BCUT2D eigenvalue weighted by molar-refractivity contribution is 5.67. The van der Waals surface area contributed by atoms with Gasteiger partial charge in [0.2, 0.25) is 0 Å². The monoisotopic (exact) mass is 215 g/mol. The largest absolute Gasteiger partial charge is 0.429 e. The number of carbonyl (C=O) groups is 1. The first-order valence-electron chi connectivity index (χ1n) is 5.57. The number of rotatable bonds is 3. The van der Waals surface area contributed by atoms with Gasteiger partial charge in [-0.1, -0.05) is 0 Å². The molecule has 5 heteroatoms. The number of nitrogens with zero attached hydrogens (tertiary/aromatic N) is 3. The minimum absolute atomic E-state index is 0.216. The molecule has 0 bridgehead atoms. The lowest BCUT2D eigenvalue weighted by molar-refractivity contribution is -0.107. The smallest absolute Gasteiger partial charge is 0.351 e. The average molecular weight is 215 g/mol. The molecule has 88 valence electrons. The Morgan fingerprint density at radius 2 is 1.73 bits per heavy atom. The van der Waals surface area contributed by atoms with E-state index in [1.807, 2.05) is 13.8 Å². The second-order valence-electron chi connectivity index (χ2n) is 3.76. The van der Waals surface area contributed by atoms with Crippen molar-refractivity contribution in [2.75, 3.05) is 46.3 Å². The van der Waals surface area contributed by atoms with E-state index in [1.165, 1.54) is 0 Å². The van der Waals surface area contributed by atoms with Crippen LogP contribution in [0.3, 0.4) is 0 Å². The Morgan fingerprint density at radius 3 is 2.20 bits per heavy atom. The van der Waals surface area contributed by atoms with E-state index < -0.39 is 0 Å². The quantitative estimate of drug-likeness (QED) is 0.647. The van der Waals surface area contributed by atoms with Crippen LogP contribution < -0.4 is 0 Å². The van der Waals surface area contributed by atoms with Crippen molar-refractivity contribution in [3.05, 3.63) is 0 Å². The SMILES string of the molecule is CCN(CC)OC(=O)N1CCN(C)CC1. The van der Waals surface area contributed by atoms with Crippen LogP contribution in [0.25, 0.3) is 0 Å². The van der Waals surface area contributed by atoms with Gasteiger partial charge in [-0.05, 0) is 20.9 Å². The van der Waals surface area contributed by atoms with Crippen LogP contribution in [0.5, 0.6) is 0 Å². The van der Waals surface area contributed by atoms with Gasteiger partial charge in [-0.2, -0.15) is 0 Å². The number of piperazine rings is 1. The molecule has 1 aliphatic heterocycles. The summed E-state index contributed by atoms with van der Waals surface area (Å²) < 4.78 is 0. The van der Waals surface area contributed by atoms with E-state index in [4.69, 9.17) is 4.84 Å². The van der Waals surface area contributed by atoms with Crippen LogP contribution in [0.2, 0.25) is 0 Å². The molecular weight excluding hydrogens is 194 g/mol. The molecule has 1 rings (SSSR count). The summed E-state index contributed by atoms with van der Waals surface area (Å²) in [5.41, 5.74) is 0. The van der Waals surface area contributed by atoms with Gasteiger partial charge in [0, 0.05) is 39.3 Å². The van der Waals surface area contributed by atoms with Crippen molar-refractivity contribution in [1.82, 2.24) is 14.9 Å². The van der Waals surface area contributed by atoms with Crippen molar-refractivity contribution in [1.29, 1.82) is 0 Å². The number of carbonyl (C=O) groups excluding carboxylic acids is 1. The summed E-state index contributed by atoms with van der Waals surface area (Å²) in [5, 5.41) is 1.67. The van der Waals surface area contributed by atoms with Crippen LogP contribution in [-0.4, -0.2) is 67.3 Å². The molecule has 15 heavy (non-hydrogen) atoms. The summed E-state index contributed by atoms with van der Waals surface area (Å²) in [6.45, 7) is 8.78. The van der Waals surface area contributed by atoms with Crippen LogP contribution in [0.15, 0.2) is 0 Å². The third-order valence-electron chi connectivity index (χ3n) is 2.67. The highest BCUT2D eigenvalue weighted by Crippen LogP contribution is 2.03. The van der Waals surface area contributed by atoms with E-state index in [9.17, 15) is 4.79 Å². The van der Waals surface area contributed by atoms with Crippen LogP contribution in [0.1, 0.15) is 13.8 Å². The van der Waals surface area contributed by atoms with Crippen molar-refractivity contribution in [3.8, 4) is 0 Å². The van der Waals surface area contributed by atoms with Gasteiger partial charge in [0.25, 0.3) is 0 Å². The van der Waals surface area contributed by atoms with Crippen LogP contribution in [-0.2, 0) is 4.84 Å². The summed E-state index contributed by atoms with van der Waals surface area (Å²) in [5.74, 6) is 0. The van der Waals surface area contributed by atoms with Crippen LogP contribution >= 0.6 is 0 Å². The summed E-state index contributed by atoms with van der Waals surface area (Å²) >= 11 is 0. The maximum Gasteiger partial charge on any atom is 0.429 e. The van der Waals surface area contributed by atoms with E-state index in [-0.39, 0.29) is 6.09 Å². The van der Waals surface area contributed by atoms with Crippen molar-refractivity contribution < 1.29 is 9.63 Å². The third-order valence-corrected chi connectivity index (χ3v) is 2.67. The normalized spacial score (nSPS) is 18.3. The Morgan fingerprint density at radius 1 is 1.20 bits per heavy atom. The Bertz CT molecular complexity index is 199. The number of hydroxylamine groups is 2. The van der Waals surface area contributed by atoms with Crippen molar-refractivity contribution in [2.24, 2.45) is 0 Å². The lowest BCUT2D eigenvalue weighted by atomic mass is 10.3. The Kier molecular flexibility index (Phi) is 4.84. The van der Waals surface area contributed by atoms with Gasteiger partial charge in [-0.25, -0.2) is 4.79 Å². The third kappa shape index (κ3) is 3.68. The first-order valence-corrected chi connectivity index (χ1v) is 5.57. The lowest BCUT2D eigenvalue weighted by Gasteiger charge is -2.32. The zero-order valence-corrected chi connectivity index (χ0v) is 9.90. The molecule has 0 spiro atoms. The van der Waals surface area contributed by atoms with Gasteiger partial charge in [0.15, 0.2) is 0 Å². The molecule has 1 amide bonds. The van der Waals surface area contributed by atoms with Gasteiger partial charge in [0.05, 0.1) is 0 Å². The summed E-state index contributed by atoms with van der Waals surface area (Å²) in [6.07, 6.45) is -0.216. The summed E-state index contributed by atoms with van der Waals surface area (Å²) in [7, 11) is 2.06. The lowest BCUT2D eigenvalue weighted by Crippen LogP contribution is -2.48. The maximum atomic E-state index is 11.7. The Labute approximate surface area is 91.5 Å². The van der Waals surface area contributed by atoms with E-state index in [2.05, 4.69) is 11.9 Å².